The predicted octanol–water partition coefficient (Wildman–Crippen LogP) is 0.981. The third kappa shape index (κ3) is 5.65. The van der Waals surface area contributed by atoms with Crippen LogP contribution in [-0.4, -0.2) is 3.26 Å². The maximum atomic E-state index is 2.59. The summed E-state index contributed by atoms with van der Waals surface area (Å²) in [6, 6.07) is 0. The monoisotopic (exact) mass is 562 g/mol. The molecule has 0 fully saturated rings. The van der Waals surface area contributed by atoms with Crippen molar-refractivity contribution in [2.24, 2.45) is 16.7 Å². The second-order valence-electron chi connectivity index (χ2n) is 9.89. The van der Waals surface area contributed by atoms with Gasteiger partial charge in [0.25, 0.3) is 0 Å². The van der Waals surface area contributed by atoms with Gasteiger partial charge in [0.05, 0.1) is 0 Å². The van der Waals surface area contributed by atoms with Gasteiger partial charge in [-0.25, -0.2) is 0 Å². The molecule has 0 nitrogen and oxygen atoms in total. The molecule has 0 bridgehead atoms. The molecule has 0 saturated heterocycles. The first-order valence-corrected chi connectivity index (χ1v) is 14.7. The second kappa shape index (κ2) is 9.19. The van der Waals surface area contributed by atoms with Gasteiger partial charge in [-0.1, -0.05) is 0 Å². The normalized spacial score (nSPS) is 19.7. The molecule has 0 saturated carbocycles. The Bertz CT molecular complexity index is 697. The zero-order valence-corrected chi connectivity index (χ0v) is 23.4. The summed E-state index contributed by atoms with van der Waals surface area (Å²) in [5.41, 5.74) is 5.33. The van der Waals surface area contributed by atoms with Crippen LogP contribution in [0.2, 0.25) is 0 Å². The van der Waals surface area contributed by atoms with Crippen molar-refractivity contribution in [1.82, 2.24) is 0 Å². The van der Waals surface area contributed by atoms with Gasteiger partial charge in [0.15, 0.2) is 0 Å². The molecular weight excluding hydrogens is 526 g/mol. The van der Waals surface area contributed by atoms with E-state index in [9.17, 15) is 0 Å². The van der Waals surface area contributed by atoms with E-state index in [-0.39, 0.29) is 30.2 Å². The van der Waals surface area contributed by atoms with Crippen LogP contribution in [0.3, 0.4) is 0 Å². The van der Waals surface area contributed by atoms with Crippen LogP contribution >= 0.6 is 0 Å². The first-order valence-electron chi connectivity index (χ1n) is 9.35. The first kappa shape index (κ1) is 26.3. The van der Waals surface area contributed by atoms with Crippen molar-refractivity contribution < 1.29 is 45.8 Å². The summed E-state index contributed by atoms with van der Waals surface area (Å²) in [6.45, 7) is 23.7. The Morgan fingerprint density at radius 1 is 0.962 bits per heavy atom. The van der Waals surface area contributed by atoms with Gasteiger partial charge in [0.2, 0.25) is 0 Å². The molecule has 0 aliphatic heterocycles. The van der Waals surface area contributed by atoms with Crippen LogP contribution in [0.4, 0.5) is 0 Å². The van der Waals surface area contributed by atoms with Crippen LogP contribution in [-0.2, 0) is 21.0 Å². The predicted molar refractivity (Wildman–Crippen MR) is 106 cm³/mol. The number of allylic oxidation sites excluding steroid dienone is 8. The van der Waals surface area contributed by atoms with Crippen molar-refractivity contribution in [1.29, 1.82) is 0 Å². The Morgan fingerprint density at radius 3 is 1.85 bits per heavy atom. The van der Waals surface area contributed by atoms with Gasteiger partial charge in [0.1, 0.15) is 0 Å². The standard InChI is InChI=1S/2C10H15.C3H6.2ClH.Hf/c2*1-8-5-6-9(7-8)10(2,3)4;1-3-2;;;/h7H,6H2,1-4H3;6-8H,1-4H3;1-2H3;2*1H;/q;;;;;+2/p-2. The summed E-state index contributed by atoms with van der Waals surface area (Å²) in [5, 5.41) is 0. The minimum atomic E-state index is -2.10. The molecule has 0 radical (unpaired) electrons. The topological polar surface area (TPSA) is 0 Å². The van der Waals surface area contributed by atoms with E-state index < -0.39 is 21.0 Å². The molecule has 1 unspecified atom stereocenters. The largest absolute Gasteiger partial charge is 1.00 e. The summed E-state index contributed by atoms with van der Waals surface area (Å²) >= 11 is -2.10. The van der Waals surface area contributed by atoms with Crippen molar-refractivity contribution in [3.8, 4) is 0 Å². The molecule has 26 heavy (non-hydrogen) atoms. The smallest absolute Gasteiger partial charge is 1.00 e. The van der Waals surface area contributed by atoms with E-state index in [0.717, 1.165) is 0 Å². The summed E-state index contributed by atoms with van der Waals surface area (Å²) in [5.74, 6) is 0.635. The molecule has 0 spiro atoms. The van der Waals surface area contributed by atoms with Crippen LogP contribution in [0.25, 0.3) is 0 Å². The quantitative estimate of drug-likeness (QED) is 0.441. The number of hydrogen-bond acceptors (Lipinski definition) is 0. The van der Waals surface area contributed by atoms with E-state index >= 15 is 0 Å². The molecule has 0 N–H and O–H groups in total. The van der Waals surface area contributed by atoms with Gasteiger partial charge in [0, 0.05) is 0 Å². The zero-order chi connectivity index (χ0) is 18.4. The minimum Gasteiger partial charge on any atom is -1.00 e. The van der Waals surface area contributed by atoms with Crippen LogP contribution in [0.5, 0.6) is 0 Å². The maximum Gasteiger partial charge on any atom is -1.00 e. The Labute approximate surface area is 182 Å². The van der Waals surface area contributed by atoms with E-state index in [1.807, 2.05) is 6.66 Å². The molecule has 0 aromatic rings. The molecule has 2 aliphatic carbocycles. The molecule has 2 rings (SSSR count). The molecule has 146 valence electrons. The summed E-state index contributed by atoms with van der Waals surface area (Å²) in [7, 11) is 0. The maximum absolute atomic E-state index is 2.59. The van der Waals surface area contributed by atoms with Crippen LogP contribution in [0.15, 0.2) is 41.6 Å². The molecular formula is C23H36Cl2Hf. The third-order valence-corrected chi connectivity index (χ3v) is 17.4. The van der Waals surface area contributed by atoms with Gasteiger partial charge in [-0.2, -0.15) is 0 Å². The zero-order valence-electron chi connectivity index (χ0n) is 18.3. The van der Waals surface area contributed by atoms with E-state index in [1.165, 1.54) is 6.42 Å². The average Bonchev–Trinajstić information content (AvgIpc) is 2.94. The van der Waals surface area contributed by atoms with Gasteiger partial charge in [-0.05, 0) is 0 Å². The Kier molecular flexibility index (Phi) is 9.28. The molecule has 1 atom stereocenters. The van der Waals surface area contributed by atoms with Crippen LogP contribution in [0, 0.1) is 16.7 Å². The molecule has 0 amide bonds. The fourth-order valence-corrected chi connectivity index (χ4v) is 15.2. The first-order chi connectivity index (χ1) is 10.8. The Morgan fingerprint density at radius 2 is 1.50 bits per heavy atom. The Hall–Kier alpha value is 0.280. The van der Waals surface area contributed by atoms with Gasteiger partial charge in [-0.3, -0.25) is 0 Å². The Balaban J connectivity index is 0.00000312. The van der Waals surface area contributed by atoms with Gasteiger partial charge in [-0.15, -0.1) is 0 Å². The van der Waals surface area contributed by atoms with Crippen molar-refractivity contribution in [2.75, 3.05) is 0 Å². The van der Waals surface area contributed by atoms with Crippen LogP contribution in [0.1, 0.15) is 75.7 Å². The van der Waals surface area contributed by atoms with E-state index in [2.05, 4.69) is 87.5 Å². The second-order valence-corrected chi connectivity index (χ2v) is 20.4. The van der Waals surface area contributed by atoms with Crippen molar-refractivity contribution >= 4 is 3.26 Å². The summed E-state index contributed by atoms with van der Waals surface area (Å²) < 4.78 is 5.38. The third-order valence-electron chi connectivity index (χ3n) is 5.38. The van der Waals surface area contributed by atoms with Crippen LogP contribution < -0.4 is 24.8 Å². The van der Waals surface area contributed by atoms with E-state index in [0.29, 0.717) is 11.3 Å². The number of halogens is 2. The molecule has 0 aromatic carbocycles. The molecule has 3 heteroatoms. The SMILES string of the molecule is CC1=[C]([Hf+2]([C]2=CC(C(C)(C)C)=CC2C)=[C](C)C)CC(C(C)(C)C)=C1.[Cl-].[Cl-]. The van der Waals surface area contributed by atoms with Gasteiger partial charge < -0.3 is 24.8 Å². The number of hydrogen-bond donors (Lipinski definition) is 0. The molecule has 0 aromatic heterocycles. The average molecular weight is 562 g/mol. The molecule has 2 aliphatic rings. The van der Waals surface area contributed by atoms with Crippen molar-refractivity contribution in [3.05, 3.63) is 41.6 Å². The summed E-state index contributed by atoms with van der Waals surface area (Å²) in [4.78, 5) is 0. The minimum absolute atomic E-state index is 0. The fraction of sp³-hybridized carbons (Fsp3) is 0.609. The molecule has 0 heterocycles. The van der Waals surface area contributed by atoms with Crippen molar-refractivity contribution in [2.45, 2.75) is 75.7 Å². The van der Waals surface area contributed by atoms with Gasteiger partial charge >= 0.3 is 158 Å². The fourth-order valence-electron chi connectivity index (χ4n) is 3.73. The summed E-state index contributed by atoms with van der Waals surface area (Å²) in [6.07, 6.45) is 8.86. The van der Waals surface area contributed by atoms with E-state index in [4.69, 9.17) is 0 Å². The van der Waals surface area contributed by atoms with Crippen molar-refractivity contribution in [3.63, 3.8) is 0 Å². The number of rotatable bonds is 2. The van der Waals surface area contributed by atoms with E-state index in [1.54, 1.807) is 20.0 Å².